The third-order valence-electron chi connectivity index (χ3n) is 10.4. The van der Waals surface area contributed by atoms with E-state index < -0.39 is 23.8 Å². The Hall–Kier alpha value is -8.73. The summed E-state index contributed by atoms with van der Waals surface area (Å²) in [6, 6.07) is 36.2. The molecular weight excluding hydrogens is 931 g/mol. The Labute approximate surface area is 400 Å². The number of H-pyrrole nitrogens is 2. The number of halogens is 3. The molecule has 6 N–H and O–H groups in total. The van der Waals surface area contributed by atoms with Gasteiger partial charge in [0.05, 0.1) is 81.0 Å². The minimum absolute atomic E-state index is 0.00312. The third-order valence-corrected chi connectivity index (χ3v) is 11.4. The van der Waals surface area contributed by atoms with Crippen LogP contribution in [-0.2, 0) is 27.2 Å². The normalized spacial score (nSPS) is 10.7. The molecule has 4 amide bonds. The summed E-state index contributed by atoms with van der Waals surface area (Å²) in [6.07, 6.45) is -0.0496. The van der Waals surface area contributed by atoms with E-state index in [1.54, 1.807) is 72.8 Å². The van der Waals surface area contributed by atoms with Crippen LogP contribution < -0.4 is 21.3 Å². The monoisotopic (exact) mass is 960 g/mol. The van der Waals surface area contributed by atoms with Gasteiger partial charge in [-0.05, 0) is 90.0 Å². The number of carbonyl (C=O) groups is 6. The number of esters is 2. The first-order valence-electron chi connectivity index (χ1n) is 20.2. The summed E-state index contributed by atoms with van der Waals surface area (Å²) in [5.74, 6) is -4.73. The lowest BCUT2D eigenvalue weighted by Gasteiger charge is -2.13. The number of hydrogen-bond acceptors (Lipinski definition) is 9. The molecule has 334 valence electrons. The van der Waals surface area contributed by atoms with Gasteiger partial charge >= 0.3 is 11.9 Å². The van der Waals surface area contributed by atoms with Crippen molar-refractivity contribution in [1.82, 2.24) is 9.97 Å². The van der Waals surface area contributed by atoms with E-state index in [1.165, 1.54) is 42.5 Å². The number of anilines is 4. The number of amides is 4. The molecule has 6 aromatic carbocycles. The van der Waals surface area contributed by atoms with E-state index in [-0.39, 0.29) is 69.7 Å². The number of nitrogens with zero attached hydrogens (tertiary/aromatic N) is 2. The molecule has 68 heavy (non-hydrogen) atoms. The lowest BCUT2D eigenvalue weighted by atomic mass is 10.1. The number of aromatic amines is 2. The lowest BCUT2D eigenvalue weighted by Crippen LogP contribution is -2.20. The summed E-state index contributed by atoms with van der Waals surface area (Å²) in [5, 5.41) is 32.6. The molecule has 0 bridgehead atoms. The van der Waals surface area contributed by atoms with Crippen molar-refractivity contribution in [3.8, 4) is 12.1 Å². The summed E-state index contributed by atoms with van der Waals surface area (Å²) < 4.78 is 5.27. The number of ether oxygens (including phenoxy) is 1. The van der Waals surface area contributed by atoms with Gasteiger partial charge < -0.3 is 36.0 Å². The minimum atomic E-state index is -1.27. The van der Waals surface area contributed by atoms with Gasteiger partial charge in [-0.15, -0.1) is 0 Å². The van der Waals surface area contributed by atoms with E-state index in [2.05, 4.69) is 31.2 Å². The summed E-state index contributed by atoms with van der Waals surface area (Å²) in [6.45, 7) is 0. The Morgan fingerprint density at radius 3 is 1.46 bits per heavy atom. The molecular formula is C50H31Cl3N8O7. The molecule has 0 unspecified atom stereocenters. The largest absolute Gasteiger partial charge is 0.386 e. The molecule has 0 aliphatic heterocycles. The fraction of sp³-hybridized carbons (Fsp3) is 0.0400. The third kappa shape index (κ3) is 10.2. The Morgan fingerprint density at radius 1 is 0.500 bits per heavy atom. The summed E-state index contributed by atoms with van der Waals surface area (Å²) >= 11 is 18.5. The topological polar surface area (TPSA) is 239 Å². The number of carbonyl (C=O) groups excluding carboxylic acids is 6. The van der Waals surface area contributed by atoms with Crippen LogP contribution >= 0.6 is 34.8 Å². The van der Waals surface area contributed by atoms with Crippen LogP contribution in [0.25, 0.3) is 21.8 Å². The molecule has 8 aromatic rings. The van der Waals surface area contributed by atoms with Gasteiger partial charge in [-0.25, -0.2) is 9.59 Å². The van der Waals surface area contributed by atoms with Crippen LogP contribution in [0.4, 0.5) is 22.7 Å². The standard InChI is InChI=1S/C50H31Cl3N8O7/c51-32-14-13-29(36(53)23-32)22-44(63)57-40-10-4-7-31-20-42(59-46(31)40)48(65)61-38-16-12-27(25-55)18-34(38)50(67)68-49(66)33-17-26(24-54)11-15-37(33)60-47(64)41-19-30-6-3-9-39(45(30)58-41)56-43(62)21-28-5-1-2-8-35(28)52/h1-20,23,58-59H,21-22H2,(H,56,62)(H,57,63)(H,60,64)(H,61,65). The fourth-order valence-electron chi connectivity index (χ4n) is 7.16. The van der Waals surface area contributed by atoms with Crippen LogP contribution in [0, 0.1) is 22.7 Å². The molecule has 15 nitrogen and oxygen atoms in total. The van der Waals surface area contributed by atoms with Crippen molar-refractivity contribution in [2.75, 3.05) is 21.3 Å². The van der Waals surface area contributed by atoms with Crippen LogP contribution in [0.5, 0.6) is 0 Å². The summed E-state index contributed by atoms with van der Waals surface area (Å²) in [7, 11) is 0. The van der Waals surface area contributed by atoms with E-state index in [0.717, 1.165) is 12.1 Å². The number of nitriles is 2. The van der Waals surface area contributed by atoms with Crippen LogP contribution in [-0.4, -0.2) is 45.5 Å². The second-order valence-electron chi connectivity index (χ2n) is 15.0. The lowest BCUT2D eigenvalue weighted by molar-refractivity contribution is -0.116. The molecule has 0 aliphatic rings. The summed E-state index contributed by atoms with van der Waals surface area (Å²) in [4.78, 5) is 86.9. The molecule has 18 heteroatoms. The predicted octanol–water partition coefficient (Wildman–Crippen LogP) is 10.2. The van der Waals surface area contributed by atoms with Gasteiger partial charge in [0.15, 0.2) is 0 Å². The highest BCUT2D eigenvalue weighted by Crippen LogP contribution is 2.29. The highest BCUT2D eigenvalue weighted by atomic mass is 35.5. The maximum absolute atomic E-state index is 13.8. The molecule has 0 fully saturated rings. The Kier molecular flexibility index (Phi) is 13.3. The van der Waals surface area contributed by atoms with Gasteiger partial charge in [0.2, 0.25) is 11.8 Å². The molecule has 0 saturated heterocycles. The van der Waals surface area contributed by atoms with Gasteiger partial charge in [-0.2, -0.15) is 10.5 Å². The second-order valence-corrected chi connectivity index (χ2v) is 16.3. The molecule has 0 atom stereocenters. The van der Waals surface area contributed by atoms with E-state index in [0.29, 0.717) is 59.4 Å². The number of hydrogen-bond donors (Lipinski definition) is 6. The predicted molar refractivity (Wildman–Crippen MR) is 257 cm³/mol. The zero-order valence-corrected chi connectivity index (χ0v) is 37.2. The average molecular weight is 962 g/mol. The number of fused-ring (bicyclic) bond motifs is 2. The van der Waals surface area contributed by atoms with E-state index >= 15 is 0 Å². The van der Waals surface area contributed by atoms with Crippen LogP contribution in [0.3, 0.4) is 0 Å². The van der Waals surface area contributed by atoms with E-state index in [9.17, 15) is 39.3 Å². The maximum atomic E-state index is 13.8. The smallest absolute Gasteiger partial charge is 0.348 e. The highest BCUT2D eigenvalue weighted by Gasteiger charge is 2.25. The van der Waals surface area contributed by atoms with Crippen molar-refractivity contribution in [2.24, 2.45) is 0 Å². The quantitative estimate of drug-likeness (QED) is 0.0504. The van der Waals surface area contributed by atoms with Gasteiger partial charge in [0.25, 0.3) is 11.8 Å². The first kappa shape index (κ1) is 45.8. The first-order valence-corrected chi connectivity index (χ1v) is 21.4. The van der Waals surface area contributed by atoms with Crippen LogP contribution in [0.15, 0.2) is 127 Å². The van der Waals surface area contributed by atoms with Crippen molar-refractivity contribution in [2.45, 2.75) is 12.8 Å². The number of nitrogens with one attached hydrogen (secondary N) is 6. The Morgan fingerprint density at radius 2 is 0.985 bits per heavy atom. The van der Waals surface area contributed by atoms with Crippen LogP contribution in [0.1, 0.15) is 63.9 Å². The zero-order valence-electron chi connectivity index (χ0n) is 34.9. The summed E-state index contributed by atoms with van der Waals surface area (Å²) in [5.41, 5.74) is 1.88. The highest BCUT2D eigenvalue weighted by molar-refractivity contribution is 6.35. The molecule has 0 spiro atoms. The number of benzene rings is 6. The molecule has 2 aromatic heterocycles. The van der Waals surface area contributed by atoms with Crippen molar-refractivity contribution in [3.63, 3.8) is 0 Å². The van der Waals surface area contributed by atoms with Crippen molar-refractivity contribution >= 4 is 115 Å². The van der Waals surface area contributed by atoms with Gasteiger partial charge in [-0.1, -0.05) is 83.3 Å². The Bertz CT molecular complexity index is 3500. The van der Waals surface area contributed by atoms with Crippen LogP contribution in [0.2, 0.25) is 15.1 Å². The Balaban J connectivity index is 0.981. The molecule has 0 saturated carbocycles. The fourth-order valence-corrected chi connectivity index (χ4v) is 7.84. The number of para-hydroxylation sites is 2. The maximum Gasteiger partial charge on any atom is 0.348 e. The minimum Gasteiger partial charge on any atom is -0.386 e. The van der Waals surface area contributed by atoms with Gasteiger partial charge in [0, 0.05) is 25.8 Å². The first-order chi connectivity index (χ1) is 32.8. The average Bonchev–Trinajstić information content (AvgIpc) is 3.98. The SMILES string of the molecule is N#Cc1ccc(NC(=O)c2cc3cccc(NC(=O)Cc4ccccc4Cl)c3[nH]2)c(C(=O)OC(=O)c2cc(C#N)ccc2NC(=O)c2cc3cccc(NC(=O)Cc4ccc(Cl)cc4Cl)c3[nH]2)c1. The van der Waals surface area contributed by atoms with Gasteiger partial charge in [0.1, 0.15) is 11.4 Å². The van der Waals surface area contributed by atoms with Crippen molar-refractivity contribution in [1.29, 1.82) is 10.5 Å². The molecule has 8 rings (SSSR count). The van der Waals surface area contributed by atoms with Crippen molar-refractivity contribution in [3.05, 3.63) is 187 Å². The van der Waals surface area contributed by atoms with Crippen molar-refractivity contribution < 1.29 is 33.5 Å². The second kappa shape index (κ2) is 19.8. The van der Waals surface area contributed by atoms with E-state index in [4.69, 9.17) is 39.5 Å². The van der Waals surface area contributed by atoms with E-state index in [1.807, 2.05) is 12.1 Å². The molecule has 2 heterocycles. The molecule has 0 aliphatic carbocycles. The van der Waals surface area contributed by atoms with Gasteiger partial charge in [-0.3, -0.25) is 19.2 Å². The molecule has 0 radical (unpaired) electrons. The zero-order chi connectivity index (χ0) is 48.1. The number of aromatic nitrogens is 2. The number of rotatable bonds is 12.